The Kier molecular flexibility index (Phi) is 5.22. The summed E-state index contributed by atoms with van der Waals surface area (Å²) in [4.78, 5) is 0. The minimum absolute atomic E-state index is 0.131. The van der Waals surface area contributed by atoms with Gasteiger partial charge in [-0.2, -0.15) is 5.10 Å². The van der Waals surface area contributed by atoms with Crippen LogP contribution < -0.4 is 15.2 Å². The second kappa shape index (κ2) is 7.13. The second-order valence-electron chi connectivity index (χ2n) is 5.21. The Hall–Kier alpha value is -2.01. The molecule has 21 heavy (non-hydrogen) atoms. The van der Waals surface area contributed by atoms with Crippen LogP contribution in [0.4, 0.5) is 0 Å². The first-order valence-corrected chi connectivity index (χ1v) is 7.12. The molecule has 114 valence electrons. The first-order valence-electron chi connectivity index (χ1n) is 7.12. The molecule has 2 N–H and O–H groups in total. The maximum absolute atomic E-state index is 5.82. The highest BCUT2D eigenvalue weighted by Crippen LogP contribution is 2.28. The zero-order chi connectivity index (χ0) is 15.2. The lowest BCUT2D eigenvalue weighted by Gasteiger charge is -2.13. The molecule has 0 bridgehead atoms. The van der Waals surface area contributed by atoms with Crippen molar-refractivity contribution in [3.8, 4) is 11.5 Å². The summed E-state index contributed by atoms with van der Waals surface area (Å²) in [6.45, 7) is 2.58. The van der Waals surface area contributed by atoms with Crippen LogP contribution >= 0.6 is 0 Å². The molecular formula is C16H23N3O2. The number of rotatable bonds is 7. The summed E-state index contributed by atoms with van der Waals surface area (Å²) < 4.78 is 13.1. The monoisotopic (exact) mass is 289 g/mol. The van der Waals surface area contributed by atoms with Gasteiger partial charge in [-0.25, -0.2) is 0 Å². The number of benzene rings is 1. The molecule has 1 aromatic carbocycles. The molecule has 1 atom stereocenters. The number of nitrogens with two attached hydrogens (primary N) is 1. The third-order valence-electron chi connectivity index (χ3n) is 3.32. The minimum Gasteiger partial charge on any atom is -0.493 e. The van der Waals surface area contributed by atoms with Crippen molar-refractivity contribution in [2.75, 3.05) is 13.7 Å². The van der Waals surface area contributed by atoms with E-state index in [4.69, 9.17) is 15.2 Å². The van der Waals surface area contributed by atoms with Crippen molar-refractivity contribution in [1.82, 2.24) is 9.78 Å². The number of aromatic nitrogens is 2. The Balaban J connectivity index is 1.97. The first-order chi connectivity index (χ1) is 10.1. The minimum atomic E-state index is 0.131. The summed E-state index contributed by atoms with van der Waals surface area (Å²) in [5.41, 5.74) is 8.12. The molecule has 0 aliphatic carbocycles. The molecule has 0 saturated heterocycles. The Morgan fingerprint density at radius 2 is 2.10 bits per heavy atom. The molecule has 2 aromatic rings. The van der Waals surface area contributed by atoms with Gasteiger partial charge in [-0.05, 0) is 37.1 Å². The lowest BCUT2D eigenvalue weighted by atomic mass is 10.1. The molecule has 5 nitrogen and oxygen atoms in total. The van der Waals surface area contributed by atoms with E-state index >= 15 is 0 Å². The van der Waals surface area contributed by atoms with E-state index in [1.165, 1.54) is 0 Å². The Bertz CT molecular complexity index is 579. The number of methoxy groups -OCH3 is 1. The molecule has 0 amide bonds. The number of aryl methyl sites for hydroxylation is 1. The van der Waals surface area contributed by atoms with Crippen LogP contribution in [-0.4, -0.2) is 29.5 Å². The number of hydrogen-bond donors (Lipinski definition) is 1. The summed E-state index contributed by atoms with van der Waals surface area (Å²) in [7, 11) is 3.58. The van der Waals surface area contributed by atoms with Crippen molar-refractivity contribution in [3.05, 3.63) is 41.7 Å². The summed E-state index contributed by atoms with van der Waals surface area (Å²) >= 11 is 0. The highest BCUT2D eigenvalue weighted by molar-refractivity contribution is 5.43. The fourth-order valence-electron chi connectivity index (χ4n) is 2.24. The summed E-state index contributed by atoms with van der Waals surface area (Å²) in [5.74, 6) is 1.51. The molecule has 0 spiro atoms. The SMILES string of the molecule is COc1cc(CC(C)N)ccc1OCCc1ccnn1C. The zero-order valence-corrected chi connectivity index (χ0v) is 12.9. The van der Waals surface area contributed by atoms with Gasteiger partial charge in [0.15, 0.2) is 11.5 Å². The lowest BCUT2D eigenvalue weighted by molar-refractivity contribution is 0.295. The Morgan fingerprint density at radius 1 is 1.29 bits per heavy atom. The molecular weight excluding hydrogens is 266 g/mol. The van der Waals surface area contributed by atoms with Gasteiger partial charge in [-0.15, -0.1) is 0 Å². The molecule has 2 rings (SSSR count). The van der Waals surface area contributed by atoms with Gasteiger partial charge in [0.2, 0.25) is 0 Å². The fourth-order valence-corrected chi connectivity index (χ4v) is 2.24. The van der Waals surface area contributed by atoms with Gasteiger partial charge >= 0.3 is 0 Å². The summed E-state index contributed by atoms with van der Waals surface area (Å²) in [6.07, 6.45) is 3.42. The topological polar surface area (TPSA) is 62.3 Å². The lowest BCUT2D eigenvalue weighted by Crippen LogP contribution is -2.17. The van der Waals surface area contributed by atoms with Crippen molar-refractivity contribution in [2.45, 2.75) is 25.8 Å². The molecule has 0 aliphatic rings. The quantitative estimate of drug-likeness (QED) is 0.846. The normalized spacial score (nSPS) is 12.2. The van der Waals surface area contributed by atoms with Crippen molar-refractivity contribution in [3.63, 3.8) is 0 Å². The van der Waals surface area contributed by atoms with E-state index in [9.17, 15) is 0 Å². The first kappa shape index (κ1) is 15.4. The molecule has 0 aliphatic heterocycles. The molecule has 1 heterocycles. The van der Waals surface area contributed by atoms with Crippen LogP contribution in [0.15, 0.2) is 30.5 Å². The van der Waals surface area contributed by atoms with Crippen molar-refractivity contribution in [1.29, 1.82) is 0 Å². The molecule has 0 fully saturated rings. The van der Waals surface area contributed by atoms with Crippen LogP contribution in [0, 0.1) is 0 Å². The number of nitrogens with zero attached hydrogens (tertiary/aromatic N) is 2. The number of ether oxygens (including phenoxy) is 2. The zero-order valence-electron chi connectivity index (χ0n) is 12.9. The van der Waals surface area contributed by atoms with Crippen LogP contribution in [0.1, 0.15) is 18.2 Å². The molecule has 5 heteroatoms. The summed E-state index contributed by atoms with van der Waals surface area (Å²) in [6, 6.07) is 8.09. The predicted octanol–water partition coefficient (Wildman–Crippen LogP) is 1.94. The van der Waals surface area contributed by atoms with Gasteiger partial charge in [-0.3, -0.25) is 4.68 Å². The van der Waals surface area contributed by atoms with Crippen molar-refractivity contribution < 1.29 is 9.47 Å². The summed E-state index contributed by atoms with van der Waals surface area (Å²) in [5, 5.41) is 4.14. The highest BCUT2D eigenvalue weighted by atomic mass is 16.5. The Labute approximate surface area is 125 Å². The molecule has 1 unspecified atom stereocenters. The third kappa shape index (κ3) is 4.23. The van der Waals surface area contributed by atoms with Crippen LogP contribution in [0.3, 0.4) is 0 Å². The second-order valence-corrected chi connectivity index (χ2v) is 5.21. The van der Waals surface area contributed by atoms with E-state index in [-0.39, 0.29) is 6.04 Å². The predicted molar refractivity (Wildman–Crippen MR) is 82.8 cm³/mol. The van der Waals surface area contributed by atoms with Gasteiger partial charge in [0, 0.05) is 31.4 Å². The van der Waals surface area contributed by atoms with E-state index in [0.29, 0.717) is 6.61 Å². The Morgan fingerprint density at radius 3 is 2.71 bits per heavy atom. The van der Waals surface area contributed by atoms with Gasteiger partial charge in [-0.1, -0.05) is 6.07 Å². The van der Waals surface area contributed by atoms with Gasteiger partial charge < -0.3 is 15.2 Å². The van der Waals surface area contributed by atoms with E-state index in [1.54, 1.807) is 13.3 Å². The van der Waals surface area contributed by atoms with E-state index in [0.717, 1.165) is 35.6 Å². The highest BCUT2D eigenvalue weighted by Gasteiger charge is 2.08. The standard InChI is InChI=1S/C16H23N3O2/c1-12(17)10-13-4-5-15(16(11-13)20-3)21-9-7-14-6-8-18-19(14)2/h4-6,8,11-12H,7,9-10,17H2,1-3H3. The van der Waals surface area contributed by atoms with Crippen molar-refractivity contribution in [2.24, 2.45) is 12.8 Å². The average molecular weight is 289 g/mol. The van der Waals surface area contributed by atoms with Crippen LogP contribution in [0.2, 0.25) is 0 Å². The molecule has 0 radical (unpaired) electrons. The molecule has 1 aromatic heterocycles. The van der Waals surface area contributed by atoms with Crippen molar-refractivity contribution >= 4 is 0 Å². The average Bonchev–Trinajstić information content (AvgIpc) is 2.85. The smallest absolute Gasteiger partial charge is 0.161 e. The van der Waals surface area contributed by atoms with E-state index in [2.05, 4.69) is 5.10 Å². The van der Waals surface area contributed by atoms with E-state index < -0.39 is 0 Å². The fraction of sp³-hybridized carbons (Fsp3) is 0.438. The largest absolute Gasteiger partial charge is 0.493 e. The maximum atomic E-state index is 5.82. The van der Waals surface area contributed by atoms with Gasteiger partial charge in [0.1, 0.15) is 0 Å². The van der Waals surface area contributed by atoms with E-state index in [1.807, 2.05) is 42.9 Å². The third-order valence-corrected chi connectivity index (χ3v) is 3.32. The van der Waals surface area contributed by atoms with Crippen LogP contribution in [0.25, 0.3) is 0 Å². The maximum Gasteiger partial charge on any atom is 0.161 e. The molecule has 0 saturated carbocycles. The van der Waals surface area contributed by atoms with Gasteiger partial charge in [0.25, 0.3) is 0 Å². The van der Waals surface area contributed by atoms with Crippen LogP contribution in [-0.2, 0) is 19.9 Å². The number of hydrogen-bond acceptors (Lipinski definition) is 4. The van der Waals surface area contributed by atoms with Crippen LogP contribution in [0.5, 0.6) is 11.5 Å². The van der Waals surface area contributed by atoms with Gasteiger partial charge in [0.05, 0.1) is 13.7 Å².